The number of hydrogen-bond acceptors (Lipinski definition) is 1. The summed E-state index contributed by atoms with van der Waals surface area (Å²) in [5, 5.41) is 5.01. The van der Waals surface area contributed by atoms with Crippen LogP contribution in [-0.2, 0) is 10.8 Å². The van der Waals surface area contributed by atoms with E-state index in [0.717, 1.165) is 11.5 Å². The highest BCUT2D eigenvalue weighted by atomic mass is 16.5. The Morgan fingerprint density at radius 2 is 0.729 bits per heavy atom. The molecule has 14 rings (SSSR count). The molecule has 1 nitrogen and oxygen atoms in total. The third kappa shape index (κ3) is 3.73. The number of fused-ring (bicyclic) bond motifs is 19. The van der Waals surface area contributed by atoms with Crippen molar-refractivity contribution >= 4 is 21.5 Å². The van der Waals surface area contributed by atoms with Gasteiger partial charge in [0, 0.05) is 11.1 Å². The van der Waals surface area contributed by atoms with E-state index in [-0.39, 0.29) is 0 Å². The van der Waals surface area contributed by atoms with Gasteiger partial charge in [0.05, 0.1) is 10.8 Å². The van der Waals surface area contributed by atoms with Gasteiger partial charge in [-0.05, 0) is 124 Å². The summed E-state index contributed by atoms with van der Waals surface area (Å²) < 4.78 is 7.04. The van der Waals surface area contributed by atoms with E-state index in [1.165, 1.54) is 111 Å². The van der Waals surface area contributed by atoms with Crippen molar-refractivity contribution < 1.29 is 4.74 Å². The molecule has 0 saturated heterocycles. The summed E-state index contributed by atoms with van der Waals surface area (Å²) in [5.74, 6) is 1.81. The normalized spacial score (nSPS) is 16.5. The van der Waals surface area contributed by atoms with Crippen molar-refractivity contribution in [3.05, 3.63) is 251 Å². The Hall–Kier alpha value is -7.48. The predicted molar refractivity (Wildman–Crippen MR) is 241 cm³/mol. The fourth-order valence-electron chi connectivity index (χ4n) is 12.0. The van der Waals surface area contributed by atoms with Crippen LogP contribution in [-0.4, -0.2) is 0 Å². The fraction of sp³-hybridized carbons (Fsp3) is 0.0345. The van der Waals surface area contributed by atoms with E-state index in [1.54, 1.807) is 0 Å². The van der Waals surface area contributed by atoms with Crippen LogP contribution in [0.4, 0.5) is 0 Å². The minimum absolute atomic E-state index is 0.478. The minimum Gasteiger partial charge on any atom is -0.457 e. The van der Waals surface area contributed by atoms with E-state index in [1.807, 2.05) is 0 Å². The van der Waals surface area contributed by atoms with Gasteiger partial charge in [0.2, 0.25) is 0 Å². The van der Waals surface area contributed by atoms with Crippen LogP contribution in [0, 0.1) is 0 Å². The molecule has 1 heteroatoms. The highest BCUT2D eigenvalue weighted by molar-refractivity contribution is 6.08. The average molecular weight is 747 g/mol. The van der Waals surface area contributed by atoms with Crippen LogP contribution in [0.25, 0.3) is 66.1 Å². The fourth-order valence-corrected chi connectivity index (χ4v) is 12.0. The van der Waals surface area contributed by atoms with Crippen LogP contribution in [0.2, 0.25) is 0 Å². The molecule has 10 aromatic rings. The van der Waals surface area contributed by atoms with E-state index < -0.39 is 10.8 Å². The molecule has 0 amide bonds. The summed E-state index contributed by atoms with van der Waals surface area (Å²) >= 11 is 0. The van der Waals surface area contributed by atoms with Crippen molar-refractivity contribution in [3.63, 3.8) is 0 Å². The van der Waals surface area contributed by atoms with Gasteiger partial charge in [-0.2, -0.15) is 0 Å². The van der Waals surface area contributed by atoms with Crippen molar-refractivity contribution in [3.8, 4) is 56.0 Å². The average Bonchev–Trinajstić information content (AvgIpc) is 3.76. The molecular weight excluding hydrogens is 713 g/mol. The van der Waals surface area contributed by atoms with Gasteiger partial charge in [-0.15, -0.1) is 0 Å². The van der Waals surface area contributed by atoms with Crippen LogP contribution in [0.3, 0.4) is 0 Å². The maximum absolute atomic E-state index is 7.04. The van der Waals surface area contributed by atoms with Gasteiger partial charge >= 0.3 is 0 Å². The van der Waals surface area contributed by atoms with Gasteiger partial charge in [-0.1, -0.05) is 182 Å². The zero-order chi connectivity index (χ0) is 38.5. The van der Waals surface area contributed by atoms with Gasteiger partial charge in [0.1, 0.15) is 11.5 Å². The van der Waals surface area contributed by atoms with Crippen molar-refractivity contribution in [1.29, 1.82) is 0 Å². The van der Waals surface area contributed by atoms with Crippen LogP contribution < -0.4 is 4.74 Å². The highest BCUT2D eigenvalue weighted by Gasteiger charge is 2.53. The molecule has 1 aliphatic heterocycles. The lowest BCUT2D eigenvalue weighted by atomic mass is 9.61. The van der Waals surface area contributed by atoms with Crippen molar-refractivity contribution in [2.75, 3.05) is 0 Å². The Labute approximate surface area is 342 Å². The molecule has 0 fully saturated rings. The van der Waals surface area contributed by atoms with Gasteiger partial charge in [-0.3, -0.25) is 0 Å². The Morgan fingerprint density at radius 3 is 1.44 bits per heavy atom. The predicted octanol–water partition coefficient (Wildman–Crippen LogP) is 14.5. The molecule has 1 unspecified atom stereocenters. The third-order valence-corrected chi connectivity index (χ3v) is 14.1. The van der Waals surface area contributed by atoms with Gasteiger partial charge in [0.25, 0.3) is 0 Å². The standard InChI is InChI=1S/C58H34O/c1-2-15-37-34-54-52(32-36(37)14-1)58(45-24-7-3-18-40(45)41-19-4-8-25-46(41)58)51-33-38(30-31-53(51)59-54)39-22-13-29-50-56(39)44-21-6-10-27-48(44)57(50)47-26-9-5-20-42(47)43-23-11-16-35-17-12-28-49(57)55(35)43/h1-34H. The molecular formula is C58H34O. The topological polar surface area (TPSA) is 9.23 Å². The minimum atomic E-state index is -0.575. The molecule has 0 saturated carbocycles. The first-order valence-corrected chi connectivity index (χ1v) is 20.7. The second-order valence-corrected chi connectivity index (χ2v) is 16.6. The molecule has 59 heavy (non-hydrogen) atoms. The van der Waals surface area contributed by atoms with E-state index in [9.17, 15) is 0 Å². The summed E-state index contributed by atoms with van der Waals surface area (Å²) in [6, 6.07) is 77.3. The van der Waals surface area contributed by atoms with E-state index in [2.05, 4.69) is 206 Å². The second-order valence-electron chi connectivity index (χ2n) is 16.6. The summed E-state index contributed by atoms with van der Waals surface area (Å²) in [6.45, 7) is 0. The molecule has 4 aliphatic rings. The molecule has 2 spiro atoms. The third-order valence-electron chi connectivity index (χ3n) is 14.1. The smallest absolute Gasteiger partial charge is 0.132 e. The lowest BCUT2D eigenvalue weighted by Gasteiger charge is -2.40. The number of benzene rings is 10. The van der Waals surface area contributed by atoms with E-state index in [0.29, 0.717) is 0 Å². The number of ether oxygens (including phenoxy) is 1. The lowest BCUT2D eigenvalue weighted by Crippen LogP contribution is -2.32. The first kappa shape index (κ1) is 31.6. The highest BCUT2D eigenvalue weighted by Crippen LogP contribution is 2.65. The zero-order valence-corrected chi connectivity index (χ0v) is 32.0. The Balaban J connectivity index is 1.08. The maximum Gasteiger partial charge on any atom is 0.132 e. The monoisotopic (exact) mass is 746 g/mol. The molecule has 272 valence electrons. The van der Waals surface area contributed by atoms with Crippen LogP contribution >= 0.6 is 0 Å². The largest absolute Gasteiger partial charge is 0.457 e. The molecule has 1 heterocycles. The summed E-state index contributed by atoms with van der Waals surface area (Å²) in [6.07, 6.45) is 0. The summed E-state index contributed by atoms with van der Waals surface area (Å²) in [7, 11) is 0. The lowest BCUT2D eigenvalue weighted by molar-refractivity contribution is 0.437. The van der Waals surface area contributed by atoms with E-state index in [4.69, 9.17) is 4.74 Å². The zero-order valence-electron chi connectivity index (χ0n) is 32.0. The summed E-state index contributed by atoms with van der Waals surface area (Å²) in [4.78, 5) is 0. The summed E-state index contributed by atoms with van der Waals surface area (Å²) in [5.41, 5.74) is 19.5. The van der Waals surface area contributed by atoms with Crippen molar-refractivity contribution in [2.24, 2.45) is 0 Å². The molecule has 0 bridgehead atoms. The second kappa shape index (κ2) is 11.1. The van der Waals surface area contributed by atoms with Crippen LogP contribution in [0.1, 0.15) is 44.5 Å². The first-order valence-electron chi connectivity index (χ1n) is 20.7. The van der Waals surface area contributed by atoms with Gasteiger partial charge < -0.3 is 4.74 Å². The molecule has 0 radical (unpaired) electrons. The molecule has 3 aliphatic carbocycles. The van der Waals surface area contributed by atoms with Crippen LogP contribution in [0.15, 0.2) is 206 Å². The molecule has 0 N–H and O–H groups in total. The molecule has 1 atom stereocenters. The van der Waals surface area contributed by atoms with Crippen molar-refractivity contribution in [1.82, 2.24) is 0 Å². The molecule has 0 aromatic heterocycles. The Bertz CT molecular complexity index is 3450. The maximum atomic E-state index is 7.04. The number of hydrogen-bond donors (Lipinski definition) is 0. The SMILES string of the molecule is c1ccc2c(c1)-c1ccccc1C21c2cc(-c3cccc4c3-c3ccccc3C43c4ccccc4-c4cccc5cccc3c45)ccc2Oc2cc3ccccc3cc21. The quantitative estimate of drug-likeness (QED) is 0.163. The van der Waals surface area contributed by atoms with Crippen molar-refractivity contribution in [2.45, 2.75) is 10.8 Å². The molecule has 10 aromatic carbocycles. The Kier molecular flexibility index (Phi) is 5.96. The van der Waals surface area contributed by atoms with E-state index >= 15 is 0 Å². The Morgan fingerprint density at radius 1 is 0.271 bits per heavy atom. The van der Waals surface area contributed by atoms with Gasteiger partial charge in [0.15, 0.2) is 0 Å². The first-order chi connectivity index (χ1) is 29.3. The number of rotatable bonds is 1. The van der Waals surface area contributed by atoms with Crippen LogP contribution in [0.5, 0.6) is 11.5 Å². The van der Waals surface area contributed by atoms with Gasteiger partial charge in [-0.25, -0.2) is 0 Å².